The first-order chi connectivity index (χ1) is 16.9. The molecule has 34 heavy (non-hydrogen) atoms. The van der Waals surface area contributed by atoms with Crippen molar-refractivity contribution in [3.8, 4) is 5.69 Å². The smallest absolute Gasteiger partial charge is 0.146 e. The summed E-state index contributed by atoms with van der Waals surface area (Å²) in [5, 5.41) is 5.89. The van der Waals surface area contributed by atoms with Gasteiger partial charge >= 0.3 is 0 Å². The second kappa shape index (κ2) is 6.39. The van der Waals surface area contributed by atoms with Crippen LogP contribution in [0.2, 0.25) is 0 Å². The number of nitrogens with zero attached hydrogens (tertiary/aromatic N) is 5. The Kier molecular flexibility index (Phi) is 3.34. The second-order valence-electron chi connectivity index (χ2n) is 8.63. The zero-order chi connectivity index (χ0) is 22.2. The first-order valence-corrected chi connectivity index (χ1v) is 11.3. The van der Waals surface area contributed by atoms with Crippen LogP contribution >= 0.6 is 0 Å². The van der Waals surface area contributed by atoms with Crippen molar-refractivity contribution in [1.82, 2.24) is 23.9 Å². The van der Waals surface area contributed by atoms with Gasteiger partial charge in [0.1, 0.15) is 11.2 Å². The van der Waals surface area contributed by atoms with Gasteiger partial charge in [0.25, 0.3) is 0 Å². The third kappa shape index (κ3) is 2.20. The lowest BCUT2D eigenvalue weighted by Gasteiger charge is -2.11. The highest BCUT2D eigenvalue weighted by atomic mass is 15.0. The molecule has 5 nitrogen and oxygen atoms in total. The predicted octanol–water partition coefficient (Wildman–Crippen LogP) is 6.68. The Labute approximate surface area is 193 Å². The fraction of sp³-hybridized carbons (Fsp3) is 0. The van der Waals surface area contributed by atoms with E-state index < -0.39 is 0 Å². The van der Waals surface area contributed by atoms with E-state index in [2.05, 4.69) is 91.7 Å². The molecule has 0 atom stereocenters. The summed E-state index contributed by atoms with van der Waals surface area (Å²) in [5.74, 6) is 0. The number of para-hydroxylation sites is 2. The lowest BCUT2D eigenvalue weighted by molar-refractivity contribution is 1.18. The third-order valence-corrected chi connectivity index (χ3v) is 6.86. The average molecular weight is 435 g/mol. The summed E-state index contributed by atoms with van der Waals surface area (Å²) in [4.78, 5) is 13.8. The maximum absolute atomic E-state index is 5.01. The summed E-state index contributed by atoms with van der Waals surface area (Å²) < 4.78 is 4.57. The molecule has 0 unspecified atom stereocenters. The van der Waals surface area contributed by atoms with Crippen LogP contribution in [0.25, 0.3) is 65.8 Å². The first-order valence-electron chi connectivity index (χ1n) is 11.3. The molecule has 0 spiro atoms. The van der Waals surface area contributed by atoms with Crippen molar-refractivity contribution < 1.29 is 0 Å². The molecule has 3 aromatic carbocycles. The Morgan fingerprint density at radius 1 is 0.529 bits per heavy atom. The van der Waals surface area contributed by atoms with E-state index in [1.54, 1.807) is 0 Å². The van der Waals surface area contributed by atoms with Gasteiger partial charge in [0.05, 0.1) is 34.5 Å². The molecule has 0 amide bonds. The van der Waals surface area contributed by atoms with Crippen molar-refractivity contribution in [3.05, 3.63) is 104 Å². The number of pyridine rings is 3. The molecule has 0 aliphatic heterocycles. The number of imidazole rings is 1. The van der Waals surface area contributed by atoms with Crippen LogP contribution in [0.3, 0.4) is 0 Å². The number of aromatic nitrogens is 5. The molecule has 0 aliphatic carbocycles. The summed E-state index contributed by atoms with van der Waals surface area (Å²) in [6.07, 6.45) is 7.45. The molecular weight excluding hydrogens is 418 g/mol. The van der Waals surface area contributed by atoms with E-state index >= 15 is 0 Å². The molecule has 5 aromatic heterocycles. The van der Waals surface area contributed by atoms with Crippen molar-refractivity contribution >= 4 is 60.2 Å². The van der Waals surface area contributed by atoms with Gasteiger partial charge in [0, 0.05) is 39.6 Å². The van der Waals surface area contributed by atoms with Crippen LogP contribution in [0.15, 0.2) is 104 Å². The van der Waals surface area contributed by atoms with Crippen molar-refractivity contribution in [2.45, 2.75) is 0 Å². The lowest BCUT2D eigenvalue weighted by Crippen LogP contribution is -1.95. The quantitative estimate of drug-likeness (QED) is 0.270. The normalized spacial score (nSPS) is 12.1. The van der Waals surface area contributed by atoms with E-state index in [0.717, 1.165) is 38.7 Å². The summed E-state index contributed by atoms with van der Waals surface area (Å²) >= 11 is 0. The Hall–Kier alpha value is -4.77. The summed E-state index contributed by atoms with van der Waals surface area (Å²) in [6, 6.07) is 27.9. The van der Waals surface area contributed by atoms with E-state index in [4.69, 9.17) is 4.98 Å². The Balaban J connectivity index is 1.67. The van der Waals surface area contributed by atoms with Gasteiger partial charge in [-0.2, -0.15) is 0 Å². The topological polar surface area (TPSA) is 48.0 Å². The molecule has 0 fully saturated rings. The van der Waals surface area contributed by atoms with Gasteiger partial charge in [-0.3, -0.25) is 14.4 Å². The van der Waals surface area contributed by atoms with E-state index in [0.29, 0.717) is 0 Å². The van der Waals surface area contributed by atoms with Crippen LogP contribution < -0.4 is 0 Å². The summed E-state index contributed by atoms with van der Waals surface area (Å²) in [6.45, 7) is 0. The number of hydrogen-bond acceptors (Lipinski definition) is 3. The largest absolute Gasteiger partial charge is 0.309 e. The molecule has 0 aliphatic rings. The molecule has 0 N–H and O–H groups in total. The van der Waals surface area contributed by atoms with Crippen molar-refractivity contribution in [2.24, 2.45) is 0 Å². The minimum absolute atomic E-state index is 0.881. The van der Waals surface area contributed by atoms with Gasteiger partial charge in [-0.05, 0) is 47.9 Å². The predicted molar refractivity (Wildman–Crippen MR) is 138 cm³/mol. The van der Waals surface area contributed by atoms with Gasteiger partial charge in [-0.25, -0.2) is 4.98 Å². The Morgan fingerprint density at radius 2 is 1.32 bits per heavy atom. The highest BCUT2D eigenvalue weighted by Gasteiger charge is 2.18. The minimum atomic E-state index is 0.881. The van der Waals surface area contributed by atoms with Gasteiger partial charge in [0.2, 0.25) is 0 Å². The van der Waals surface area contributed by atoms with Gasteiger partial charge in [0.15, 0.2) is 0 Å². The van der Waals surface area contributed by atoms with Crippen LogP contribution in [0.5, 0.6) is 0 Å². The molecule has 0 saturated heterocycles. The lowest BCUT2D eigenvalue weighted by atomic mass is 10.0. The minimum Gasteiger partial charge on any atom is -0.309 e. The molecule has 8 aromatic rings. The standard InChI is InChI=1S/C29H17N5/c1-2-6-18(7-3-1)33-25-9-5-4-8-19(25)22-14-23-21(15-27(22)33)20-10-12-31-17-28(20)34-26-11-13-30-16-24(26)32-29(23)34/h1-17H. The molecule has 158 valence electrons. The number of hydrogen-bond donors (Lipinski definition) is 0. The molecule has 0 saturated carbocycles. The molecule has 5 heteroatoms. The van der Waals surface area contributed by atoms with E-state index in [1.165, 1.54) is 27.2 Å². The highest BCUT2D eigenvalue weighted by molar-refractivity contribution is 6.21. The van der Waals surface area contributed by atoms with E-state index in [1.807, 2.05) is 30.9 Å². The van der Waals surface area contributed by atoms with E-state index in [-0.39, 0.29) is 0 Å². The van der Waals surface area contributed by atoms with Crippen molar-refractivity contribution in [3.63, 3.8) is 0 Å². The summed E-state index contributed by atoms with van der Waals surface area (Å²) in [7, 11) is 0. The molecule has 0 bridgehead atoms. The maximum Gasteiger partial charge on any atom is 0.146 e. The van der Waals surface area contributed by atoms with Gasteiger partial charge in [-0.15, -0.1) is 0 Å². The Bertz CT molecular complexity index is 2070. The fourth-order valence-corrected chi connectivity index (χ4v) is 5.43. The van der Waals surface area contributed by atoms with Crippen LogP contribution in [0.1, 0.15) is 0 Å². The third-order valence-electron chi connectivity index (χ3n) is 6.86. The second-order valence-corrected chi connectivity index (χ2v) is 8.63. The monoisotopic (exact) mass is 435 g/mol. The van der Waals surface area contributed by atoms with Crippen LogP contribution in [-0.4, -0.2) is 23.9 Å². The number of benzene rings is 3. The SMILES string of the molecule is c1ccc(-n2c3ccccc3c3cc4c(cc32)c2ccncc2n2c3ccncc3nc42)cc1. The van der Waals surface area contributed by atoms with Crippen LogP contribution in [0.4, 0.5) is 0 Å². The molecular formula is C29H17N5. The average Bonchev–Trinajstić information content (AvgIpc) is 3.44. The van der Waals surface area contributed by atoms with Crippen molar-refractivity contribution in [2.75, 3.05) is 0 Å². The first kappa shape index (κ1) is 17.7. The van der Waals surface area contributed by atoms with Crippen LogP contribution in [0, 0.1) is 0 Å². The summed E-state index contributed by atoms with van der Waals surface area (Å²) in [5.41, 5.74) is 7.41. The number of rotatable bonds is 1. The zero-order valence-corrected chi connectivity index (χ0v) is 18.1. The molecule has 0 radical (unpaired) electrons. The maximum atomic E-state index is 5.01. The Morgan fingerprint density at radius 3 is 2.26 bits per heavy atom. The van der Waals surface area contributed by atoms with Gasteiger partial charge < -0.3 is 4.57 Å². The van der Waals surface area contributed by atoms with E-state index in [9.17, 15) is 0 Å². The molecule has 8 rings (SSSR count). The van der Waals surface area contributed by atoms with Crippen molar-refractivity contribution in [1.29, 1.82) is 0 Å². The highest BCUT2D eigenvalue weighted by Crippen LogP contribution is 2.39. The van der Waals surface area contributed by atoms with Gasteiger partial charge in [-0.1, -0.05) is 36.4 Å². The van der Waals surface area contributed by atoms with Crippen LogP contribution in [-0.2, 0) is 0 Å². The molecule has 5 heterocycles. The zero-order valence-electron chi connectivity index (χ0n) is 18.1. The number of fused-ring (bicyclic) bond motifs is 11. The fourth-order valence-electron chi connectivity index (χ4n) is 5.43.